The third-order valence-electron chi connectivity index (χ3n) is 3.16. The number of aliphatic hydroxyl groups excluding tert-OH is 2. The van der Waals surface area contributed by atoms with Crippen molar-refractivity contribution in [2.45, 2.75) is 44.5 Å². The van der Waals surface area contributed by atoms with Gasteiger partial charge in [0.2, 0.25) is 0 Å². The molecule has 0 spiro atoms. The van der Waals surface area contributed by atoms with E-state index in [1.54, 1.807) is 18.2 Å². The first-order chi connectivity index (χ1) is 8.22. The molecule has 2 atom stereocenters. The average Bonchev–Trinajstić information content (AvgIpc) is 2.34. The second-order valence-electron chi connectivity index (χ2n) is 4.39. The van der Waals surface area contributed by atoms with Gasteiger partial charge in [-0.25, -0.2) is 0 Å². The smallest absolute Gasteiger partial charge is 0.143 e. The van der Waals surface area contributed by atoms with Crippen LogP contribution >= 0.6 is 11.6 Å². The van der Waals surface area contributed by atoms with Gasteiger partial charge in [0.1, 0.15) is 11.9 Å². The summed E-state index contributed by atoms with van der Waals surface area (Å²) in [5.41, 5.74) is 0.662. The highest BCUT2D eigenvalue weighted by Crippen LogP contribution is 2.32. The summed E-state index contributed by atoms with van der Waals surface area (Å²) in [6.45, 7) is -0.112. The van der Waals surface area contributed by atoms with Gasteiger partial charge in [0.05, 0.1) is 17.7 Å². The Bertz CT molecular complexity index is 381. The van der Waals surface area contributed by atoms with E-state index in [1.165, 1.54) is 0 Å². The van der Waals surface area contributed by atoms with Crippen LogP contribution in [0.3, 0.4) is 0 Å². The number of hydrogen-bond acceptors (Lipinski definition) is 3. The van der Waals surface area contributed by atoms with Gasteiger partial charge >= 0.3 is 0 Å². The van der Waals surface area contributed by atoms with Gasteiger partial charge < -0.3 is 14.9 Å². The lowest BCUT2D eigenvalue weighted by molar-refractivity contribution is 0.00592. The molecule has 1 aromatic carbocycles. The zero-order valence-corrected chi connectivity index (χ0v) is 10.4. The first-order valence-corrected chi connectivity index (χ1v) is 6.33. The Morgan fingerprint density at radius 1 is 1.29 bits per heavy atom. The van der Waals surface area contributed by atoms with Gasteiger partial charge in [0, 0.05) is 5.56 Å². The van der Waals surface area contributed by atoms with E-state index in [2.05, 4.69) is 0 Å². The first kappa shape index (κ1) is 12.7. The van der Waals surface area contributed by atoms with Crippen molar-refractivity contribution in [1.82, 2.24) is 0 Å². The highest BCUT2D eigenvalue weighted by Gasteiger charge is 2.26. The van der Waals surface area contributed by atoms with Crippen LogP contribution in [0.4, 0.5) is 0 Å². The molecule has 94 valence electrons. The van der Waals surface area contributed by atoms with E-state index in [4.69, 9.17) is 16.3 Å². The summed E-state index contributed by atoms with van der Waals surface area (Å²) in [7, 11) is 0. The van der Waals surface area contributed by atoms with Crippen LogP contribution < -0.4 is 4.74 Å². The molecule has 0 aliphatic heterocycles. The molecule has 3 nitrogen and oxygen atoms in total. The van der Waals surface area contributed by atoms with E-state index in [9.17, 15) is 10.2 Å². The lowest BCUT2D eigenvalue weighted by atomic mass is 9.95. The highest BCUT2D eigenvalue weighted by atomic mass is 35.5. The Kier molecular flexibility index (Phi) is 4.26. The Labute approximate surface area is 106 Å². The maximum atomic E-state index is 9.85. The quantitative estimate of drug-likeness (QED) is 0.874. The molecular weight excluding hydrogens is 240 g/mol. The van der Waals surface area contributed by atoms with Crippen LogP contribution in [0, 0.1) is 0 Å². The van der Waals surface area contributed by atoms with Crippen LogP contribution in [0.2, 0.25) is 5.02 Å². The first-order valence-electron chi connectivity index (χ1n) is 5.95. The number of rotatable bonds is 3. The zero-order valence-electron chi connectivity index (χ0n) is 9.60. The van der Waals surface area contributed by atoms with Gasteiger partial charge in [0.15, 0.2) is 0 Å². The maximum absolute atomic E-state index is 9.85. The molecule has 1 fully saturated rings. The molecule has 0 saturated heterocycles. The number of ether oxygens (including phenoxy) is 1. The molecule has 1 saturated carbocycles. The number of benzene rings is 1. The summed E-state index contributed by atoms with van der Waals surface area (Å²) in [6, 6.07) is 5.28. The van der Waals surface area contributed by atoms with Gasteiger partial charge in [-0.1, -0.05) is 30.2 Å². The van der Waals surface area contributed by atoms with E-state index in [0.29, 0.717) is 16.3 Å². The molecule has 4 heteroatoms. The predicted molar refractivity (Wildman–Crippen MR) is 66.3 cm³/mol. The molecule has 2 rings (SSSR count). The van der Waals surface area contributed by atoms with Crippen molar-refractivity contribution in [2.75, 3.05) is 0 Å². The fourth-order valence-corrected chi connectivity index (χ4v) is 2.41. The minimum absolute atomic E-state index is 0.112. The van der Waals surface area contributed by atoms with Crippen molar-refractivity contribution in [3.8, 4) is 5.75 Å². The lowest BCUT2D eigenvalue weighted by Crippen LogP contribution is -2.34. The summed E-state index contributed by atoms with van der Waals surface area (Å²) < 4.78 is 5.78. The zero-order chi connectivity index (χ0) is 12.3. The Balaban J connectivity index is 2.16. The van der Waals surface area contributed by atoms with Gasteiger partial charge in [-0.3, -0.25) is 0 Å². The van der Waals surface area contributed by atoms with Crippen LogP contribution in [-0.2, 0) is 6.61 Å². The van der Waals surface area contributed by atoms with Crippen LogP contribution in [0.1, 0.15) is 31.2 Å². The molecule has 1 aromatic rings. The number of para-hydroxylation sites is 1. The third-order valence-corrected chi connectivity index (χ3v) is 3.45. The van der Waals surface area contributed by atoms with Crippen LogP contribution in [-0.4, -0.2) is 22.4 Å². The fourth-order valence-electron chi connectivity index (χ4n) is 2.18. The minimum atomic E-state index is -0.438. The topological polar surface area (TPSA) is 49.7 Å². The monoisotopic (exact) mass is 256 g/mol. The molecular formula is C13H17ClO3. The van der Waals surface area contributed by atoms with Crippen molar-refractivity contribution < 1.29 is 14.9 Å². The van der Waals surface area contributed by atoms with E-state index in [-0.39, 0.29) is 12.7 Å². The molecule has 2 N–H and O–H groups in total. The van der Waals surface area contributed by atoms with Gasteiger partial charge in [-0.05, 0) is 25.3 Å². The van der Waals surface area contributed by atoms with Crippen molar-refractivity contribution >= 4 is 11.6 Å². The van der Waals surface area contributed by atoms with Gasteiger partial charge in [0.25, 0.3) is 0 Å². The highest BCUT2D eigenvalue weighted by molar-refractivity contribution is 6.32. The number of hydrogen-bond donors (Lipinski definition) is 2. The molecule has 0 bridgehead atoms. The Morgan fingerprint density at radius 2 is 2.06 bits per heavy atom. The predicted octanol–water partition coefficient (Wildman–Crippen LogP) is 2.51. The van der Waals surface area contributed by atoms with E-state index >= 15 is 0 Å². The molecule has 1 aliphatic rings. The van der Waals surface area contributed by atoms with Crippen LogP contribution in [0.15, 0.2) is 18.2 Å². The van der Waals surface area contributed by atoms with Crippen molar-refractivity contribution in [3.63, 3.8) is 0 Å². The molecule has 17 heavy (non-hydrogen) atoms. The molecule has 0 amide bonds. The number of aliphatic hydroxyl groups is 2. The Morgan fingerprint density at radius 3 is 2.76 bits per heavy atom. The molecule has 2 unspecified atom stereocenters. The summed E-state index contributed by atoms with van der Waals surface area (Å²) in [5, 5.41) is 19.6. The van der Waals surface area contributed by atoms with E-state index < -0.39 is 6.10 Å². The summed E-state index contributed by atoms with van der Waals surface area (Å²) in [5.74, 6) is 0.502. The largest absolute Gasteiger partial charge is 0.486 e. The van der Waals surface area contributed by atoms with Crippen LogP contribution in [0.5, 0.6) is 5.75 Å². The minimum Gasteiger partial charge on any atom is -0.486 e. The van der Waals surface area contributed by atoms with Gasteiger partial charge in [-0.2, -0.15) is 0 Å². The molecule has 0 heterocycles. The normalized spacial score (nSPS) is 24.6. The van der Waals surface area contributed by atoms with Gasteiger partial charge in [-0.15, -0.1) is 0 Å². The van der Waals surface area contributed by atoms with Crippen molar-refractivity contribution in [2.24, 2.45) is 0 Å². The maximum Gasteiger partial charge on any atom is 0.143 e. The summed E-state index contributed by atoms with van der Waals surface area (Å²) >= 11 is 6.06. The van der Waals surface area contributed by atoms with E-state index in [0.717, 1.165) is 25.7 Å². The van der Waals surface area contributed by atoms with E-state index in [1.807, 2.05) is 0 Å². The fraction of sp³-hybridized carbons (Fsp3) is 0.538. The number of halogens is 1. The summed E-state index contributed by atoms with van der Waals surface area (Å²) in [6.07, 6.45) is 3.04. The SMILES string of the molecule is OCc1cccc(Cl)c1OC1CCCCC1O. The van der Waals surface area contributed by atoms with Crippen molar-refractivity contribution in [3.05, 3.63) is 28.8 Å². The lowest BCUT2D eigenvalue weighted by Gasteiger charge is -2.29. The molecule has 0 radical (unpaired) electrons. The van der Waals surface area contributed by atoms with Crippen LogP contribution in [0.25, 0.3) is 0 Å². The second-order valence-corrected chi connectivity index (χ2v) is 4.80. The summed E-state index contributed by atoms with van der Waals surface area (Å²) in [4.78, 5) is 0. The average molecular weight is 257 g/mol. The Hall–Kier alpha value is -0.770. The standard InChI is InChI=1S/C13H17ClO3/c14-10-5-3-4-9(8-15)13(10)17-12-7-2-1-6-11(12)16/h3-5,11-12,15-16H,1-2,6-8H2. The van der Waals surface area contributed by atoms with Crippen molar-refractivity contribution in [1.29, 1.82) is 0 Å². The molecule has 1 aliphatic carbocycles. The molecule has 0 aromatic heterocycles. The second kappa shape index (κ2) is 5.71. The third kappa shape index (κ3) is 2.92.